The van der Waals surface area contributed by atoms with Crippen molar-refractivity contribution >= 4 is 23.5 Å². The van der Waals surface area contributed by atoms with Crippen molar-refractivity contribution < 1.29 is 23.9 Å². The van der Waals surface area contributed by atoms with E-state index >= 15 is 0 Å². The highest BCUT2D eigenvalue weighted by atomic mass is 16.6. The molecule has 1 heterocycles. The monoisotopic (exact) mass is 535 g/mol. The van der Waals surface area contributed by atoms with Crippen LogP contribution in [0.5, 0.6) is 0 Å². The van der Waals surface area contributed by atoms with Gasteiger partial charge < -0.3 is 20.7 Å². The molecule has 39 heavy (non-hydrogen) atoms. The quantitative estimate of drug-likeness (QED) is 0.321. The van der Waals surface area contributed by atoms with E-state index in [1.54, 1.807) is 31.2 Å². The molecule has 210 valence electrons. The molecule has 1 aliphatic rings. The van der Waals surface area contributed by atoms with Gasteiger partial charge in [0.1, 0.15) is 17.7 Å². The second kappa shape index (κ2) is 13.5. The molecule has 0 aromatic heterocycles. The van der Waals surface area contributed by atoms with Gasteiger partial charge in [-0.05, 0) is 49.3 Å². The van der Waals surface area contributed by atoms with Crippen LogP contribution in [0.1, 0.15) is 63.4 Å². The van der Waals surface area contributed by atoms with Crippen molar-refractivity contribution in [1.29, 1.82) is 0 Å². The predicted molar refractivity (Wildman–Crippen MR) is 150 cm³/mol. The van der Waals surface area contributed by atoms with Crippen molar-refractivity contribution in [1.82, 2.24) is 16.0 Å². The van der Waals surface area contributed by atoms with Crippen LogP contribution < -0.4 is 16.0 Å². The number of ether oxygens (including phenoxy) is 1. The Labute approximate surface area is 231 Å². The number of hydrogen-bond acceptors (Lipinski definition) is 5. The number of nitrogens with one attached hydrogen (secondary N) is 3. The Balaban J connectivity index is 1.80. The van der Waals surface area contributed by atoms with Crippen LogP contribution in [0.25, 0.3) is 0 Å². The Morgan fingerprint density at radius 1 is 0.744 bits per heavy atom. The lowest BCUT2D eigenvalue weighted by Crippen LogP contribution is -2.57. The van der Waals surface area contributed by atoms with Gasteiger partial charge in [-0.25, -0.2) is 0 Å². The Morgan fingerprint density at radius 2 is 1.23 bits per heavy atom. The van der Waals surface area contributed by atoms with Crippen LogP contribution in [0.3, 0.4) is 0 Å². The van der Waals surface area contributed by atoms with Gasteiger partial charge in [-0.3, -0.25) is 19.2 Å². The zero-order valence-electron chi connectivity index (χ0n) is 23.5. The SMILES string of the molecule is CC(C)C[C@H](NC(=O)c1ccccc1)C(=O)N[C@@H](Cc1ccccc1)C(=O)N[C@@H](CC(C)C)C(=O)[C@@]1(C)CO1. The first-order valence-electron chi connectivity index (χ1n) is 13.7. The molecular formula is C31H41N3O5. The zero-order chi connectivity index (χ0) is 28.6. The number of carbonyl (C=O) groups is 4. The Morgan fingerprint density at radius 3 is 1.77 bits per heavy atom. The summed E-state index contributed by atoms with van der Waals surface area (Å²) in [5, 5.41) is 8.60. The van der Waals surface area contributed by atoms with Crippen LogP contribution in [0.15, 0.2) is 60.7 Å². The molecule has 3 N–H and O–H groups in total. The summed E-state index contributed by atoms with van der Waals surface area (Å²) in [5.74, 6) is -1.15. The Hall–Kier alpha value is -3.52. The minimum Gasteiger partial charge on any atom is -0.361 e. The fourth-order valence-electron chi connectivity index (χ4n) is 4.46. The van der Waals surface area contributed by atoms with E-state index in [4.69, 9.17) is 4.74 Å². The summed E-state index contributed by atoms with van der Waals surface area (Å²) in [5.41, 5.74) is 0.425. The van der Waals surface area contributed by atoms with Crippen molar-refractivity contribution in [3.63, 3.8) is 0 Å². The maximum atomic E-state index is 13.6. The van der Waals surface area contributed by atoms with Crippen LogP contribution in [0.4, 0.5) is 0 Å². The molecule has 1 fully saturated rings. The largest absolute Gasteiger partial charge is 0.361 e. The molecule has 0 radical (unpaired) electrons. The van der Waals surface area contributed by atoms with E-state index < -0.39 is 35.5 Å². The summed E-state index contributed by atoms with van der Waals surface area (Å²) in [4.78, 5) is 53.1. The third-order valence-electron chi connectivity index (χ3n) is 6.72. The molecule has 0 aliphatic carbocycles. The average Bonchev–Trinajstić information content (AvgIpc) is 3.65. The molecule has 3 amide bonds. The minimum absolute atomic E-state index is 0.116. The van der Waals surface area contributed by atoms with Crippen LogP contribution in [-0.4, -0.2) is 53.8 Å². The van der Waals surface area contributed by atoms with E-state index in [0.717, 1.165) is 5.56 Å². The van der Waals surface area contributed by atoms with Gasteiger partial charge in [0.25, 0.3) is 5.91 Å². The highest BCUT2D eigenvalue weighted by Gasteiger charge is 2.50. The molecule has 2 aromatic carbocycles. The lowest BCUT2D eigenvalue weighted by atomic mass is 9.93. The average molecular weight is 536 g/mol. The third-order valence-corrected chi connectivity index (χ3v) is 6.72. The number of ketones is 1. The maximum Gasteiger partial charge on any atom is 0.251 e. The number of Topliss-reactive ketones (excluding diaryl/α,β-unsaturated/α-hetero) is 1. The van der Waals surface area contributed by atoms with Gasteiger partial charge in [0.15, 0.2) is 5.78 Å². The zero-order valence-corrected chi connectivity index (χ0v) is 23.5. The summed E-state index contributed by atoms with van der Waals surface area (Å²) in [6.45, 7) is 9.95. The maximum absolute atomic E-state index is 13.6. The highest BCUT2D eigenvalue weighted by molar-refractivity contribution is 6.00. The van der Waals surface area contributed by atoms with Gasteiger partial charge in [0.05, 0.1) is 12.6 Å². The van der Waals surface area contributed by atoms with Crippen molar-refractivity contribution in [3.05, 3.63) is 71.8 Å². The van der Waals surface area contributed by atoms with E-state index in [1.807, 2.05) is 64.1 Å². The number of carbonyl (C=O) groups excluding carboxylic acids is 4. The van der Waals surface area contributed by atoms with E-state index in [2.05, 4.69) is 16.0 Å². The molecule has 8 nitrogen and oxygen atoms in total. The molecule has 2 aromatic rings. The summed E-state index contributed by atoms with van der Waals surface area (Å²) in [6, 6.07) is 15.5. The topological polar surface area (TPSA) is 117 Å². The number of rotatable bonds is 14. The summed E-state index contributed by atoms with van der Waals surface area (Å²) < 4.78 is 5.35. The van der Waals surface area contributed by atoms with Gasteiger partial charge in [0, 0.05) is 12.0 Å². The Kier molecular flexibility index (Phi) is 10.4. The standard InChI is InChI=1S/C31H41N3O5/c1-20(2)16-24(27(35)31(5)19-39-31)32-30(38)26(18-22-12-8-6-9-13-22)34-29(37)25(17-21(3)4)33-28(36)23-14-10-7-11-15-23/h6-15,20-21,24-26H,16-19H2,1-5H3,(H,32,38)(H,33,36)(H,34,37)/t24-,25-,26-,31+/m0/s1. The molecule has 8 heteroatoms. The van der Waals surface area contributed by atoms with Gasteiger partial charge in [-0.2, -0.15) is 0 Å². The molecule has 4 atom stereocenters. The first kappa shape index (κ1) is 30.0. The van der Waals surface area contributed by atoms with E-state index in [9.17, 15) is 19.2 Å². The Bertz CT molecular complexity index is 1130. The molecule has 1 aliphatic heterocycles. The molecule has 1 saturated heterocycles. The smallest absolute Gasteiger partial charge is 0.251 e. The first-order chi connectivity index (χ1) is 18.5. The van der Waals surface area contributed by atoms with E-state index in [-0.39, 0.29) is 29.9 Å². The lowest BCUT2D eigenvalue weighted by molar-refractivity contribution is -0.133. The molecule has 0 saturated carbocycles. The van der Waals surface area contributed by atoms with Crippen molar-refractivity contribution in [2.75, 3.05) is 6.61 Å². The number of benzene rings is 2. The van der Waals surface area contributed by atoms with E-state index in [0.29, 0.717) is 25.0 Å². The van der Waals surface area contributed by atoms with Crippen LogP contribution in [0, 0.1) is 11.8 Å². The van der Waals surface area contributed by atoms with E-state index in [1.165, 1.54) is 0 Å². The van der Waals surface area contributed by atoms with Gasteiger partial charge in [0.2, 0.25) is 11.8 Å². The van der Waals surface area contributed by atoms with Crippen molar-refractivity contribution in [2.45, 2.75) is 77.6 Å². The van der Waals surface area contributed by atoms with Crippen LogP contribution in [-0.2, 0) is 25.5 Å². The fraction of sp³-hybridized carbons (Fsp3) is 0.484. The molecular weight excluding hydrogens is 494 g/mol. The van der Waals surface area contributed by atoms with Crippen molar-refractivity contribution in [3.8, 4) is 0 Å². The molecule has 0 bridgehead atoms. The number of hydrogen-bond donors (Lipinski definition) is 3. The normalized spacial score (nSPS) is 18.6. The predicted octanol–water partition coefficient (Wildman–Crippen LogP) is 3.45. The number of epoxide rings is 1. The van der Waals surface area contributed by atoms with Crippen LogP contribution in [0.2, 0.25) is 0 Å². The second-order valence-electron chi connectivity index (χ2n) is 11.3. The molecule has 0 spiro atoms. The van der Waals surface area contributed by atoms with Crippen LogP contribution >= 0.6 is 0 Å². The second-order valence-corrected chi connectivity index (χ2v) is 11.3. The molecule has 3 rings (SSSR count). The summed E-state index contributed by atoms with van der Waals surface area (Å²) in [6.07, 6.45) is 1.09. The van der Waals surface area contributed by atoms with Gasteiger partial charge in [-0.1, -0.05) is 76.2 Å². The first-order valence-corrected chi connectivity index (χ1v) is 13.7. The highest BCUT2D eigenvalue weighted by Crippen LogP contribution is 2.29. The summed E-state index contributed by atoms with van der Waals surface area (Å²) in [7, 11) is 0. The lowest BCUT2D eigenvalue weighted by Gasteiger charge is -2.27. The van der Waals surface area contributed by atoms with Crippen molar-refractivity contribution in [2.24, 2.45) is 11.8 Å². The fourth-order valence-corrected chi connectivity index (χ4v) is 4.46. The van der Waals surface area contributed by atoms with Gasteiger partial charge in [-0.15, -0.1) is 0 Å². The molecule has 0 unspecified atom stereocenters. The third kappa shape index (κ3) is 9.03. The summed E-state index contributed by atoms with van der Waals surface area (Å²) >= 11 is 0. The van der Waals surface area contributed by atoms with Gasteiger partial charge >= 0.3 is 0 Å². The number of amides is 3. The minimum atomic E-state index is -0.946.